The molecule has 0 aliphatic heterocycles. The molecule has 0 unspecified atom stereocenters. The van der Waals surface area contributed by atoms with E-state index in [2.05, 4.69) is 15.6 Å². The van der Waals surface area contributed by atoms with Gasteiger partial charge < -0.3 is 24.8 Å². The lowest BCUT2D eigenvalue weighted by Crippen LogP contribution is -2.45. The summed E-state index contributed by atoms with van der Waals surface area (Å²) in [7, 11) is 3.02. The van der Waals surface area contributed by atoms with E-state index < -0.39 is 12.8 Å². The maximum Gasteiger partial charge on any atom is 0.422 e. The summed E-state index contributed by atoms with van der Waals surface area (Å²) in [6.07, 6.45) is -4.41. The van der Waals surface area contributed by atoms with Gasteiger partial charge in [0.2, 0.25) is 0 Å². The first-order valence-corrected chi connectivity index (χ1v) is 8.54. The summed E-state index contributed by atoms with van der Waals surface area (Å²) in [4.78, 5) is 4.47. The zero-order valence-electron chi connectivity index (χ0n) is 16.8. The lowest BCUT2D eigenvalue weighted by atomic mass is 10.1. The van der Waals surface area contributed by atoms with Crippen LogP contribution in [-0.2, 0) is 11.3 Å². The highest BCUT2D eigenvalue weighted by molar-refractivity contribution is 14.0. The molecule has 1 aromatic rings. The number of alkyl halides is 3. The molecule has 0 spiro atoms. The van der Waals surface area contributed by atoms with Gasteiger partial charge in [-0.15, -0.1) is 24.0 Å². The Bertz CT molecular complexity index is 626. The zero-order chi connectivity index (χ0) is 20.5. The molecule has 28 heavy (non-hydrogen) atoms. The van der Waals surface area contributed by atoms with Crippen LogP contribution in [0.15, 0.2) is 23.2 Å². The monoisotopic (exact) mass is 519 g/mol. The van der Waals surface area contributed by atoms with Gasteiger partial charge in [-0.2, -0.15) is 13.2 Å². The predicted molar refractivity (Wildman–Crippen MR) is 114 cm³/mol. The SMILES string of the molecule is CCNC(=NCc1ccc(OCC(F)(F)F)c(OC)c1)NCC(C)(C)OC.I. The van der Waals surface area contributed by atoms with E-state index in [0.717, 1.165) is 5.56 Å². The minimum Gasteiger partial charge on any atom is -0.493 e. The van der Waals surface area contributed by atoms with E-state index in [9.17, 15) is 13.2 Å². The number of halogens is 4. The fourth-order valence-corrected chi connectivity index (χ4v) is 1.97. The molecule has 162 valence electrons. The second-order valence-electron chi connectivity index (χ2n) is 6.40. The summed E-state index contributed by atoms with van der Waals surface area (Å²) in [5.41, 5.74) is 0.422. The molecule has 0 radical (unpaired) electrons. The first kappa shape index (κ1) is 26.6. The summed E-state index contributed by atoms with van der Waals surface area (Å²) >= 11 is 0. The molecule has 0 saturated carbocycles. The van der Waals surface area contributed by atoms with Crippen molar-refractivity contribution in [3.63, 3.8) is 0 Å². The van der Waals surface area contributed by atoms with Crippen LogP contribution in [0.1, 0.15) is 26.3 Å². The second kappa shape index (κ2) is 12.2. The third-order valence-corrected chi connectivity index (χ3v) is 3.62. The number of nitrogens with one attached hydrogen (secondary N) is 2. The molecule has 0 aliphatic carbocycles. The maximum atomic E-state index is 12.3. The molecular weight excluding hydrogens is 490 g/mol. The van der Waals surface area contributed by atoms with Gasteiger partial charge in [-0.05, 0) is 38.5 Å². The van der Waals surface area contributed by atoms with Crippen molar-refractivity contribution < 1.29 is 27.4 Å². The normalized spacial score (nSPS) is 12.2. The zero-order valence-corrected chi connectivity index (χ0v) is 19.1. The Kier molecular flexibility index (Phi) is 11.6. The van der Waals surface area contributed by atoms with Crippen molar-refractivity contribution >= 4 is 29.9 Å². The third kappa shape index (κ3) is 10.2. The third-order valence-electron chi connectivity index (χ3n) is 3.62. The van der Waals surface area contributed by atoms with Crippen LogP contribution in [0.3, 0.4) is 0 Å². The first-order valence-electron chi connectivity index (χ1n) is 8.54. The first-order chi connectivity index (χ1) is 12.6. The number of nitrogens with zero attached hydrogens (tertiary/aromatic N) is 1. The molecule has 0 fully saturated rings. The Morgan fingerprint density at radius 1 is 1.11 bits per heavy atom. The molecule has 6 nitrogen and oxygen atoms in total. The van der Waals surface area contributed by atoms with Gasteiger partial charge in [-0.1, -0.05) is 6.07 Å². The molecule has 0 atom stereocenters. The van der Waals surface area contributed by atoms with Crippen molar-refractivity contribution in [1.82, 2.24) is 10.6 Å². The molecule has 0 amide bonds. The van der Waals surface area contributed by atoms with Crippen molar-refractivity contribution in [1.29, 1.82) is 0 Å². The van der Waals surface area contributed by atoms with Crippen molar-refractivity contribution in [2.24, 2.45) is 4.99 Å². The Morgan fingerprint density at radius 2 is 1.79 bits per heavy atom. The van der Waals surface area contributed by atoms with Crippen LogP contribution in [0.5, 0.6) is 11.5 Å². The minimum absolute atomic E-state index is 0. The number of methoxy groups -OCH3 is 2. The van der Waals surface area contributed by atoms with Gasteiger partial charge in [-0.3, -0.25) is 0 Å². The molecular formula is C18H29F3IN3O3. The molecule has 0 saturated heterocycles. The fourth-order valence-electron chi connectivity index (χ4n) is 1.97. The Labute approximate surface area is 181 Å². The minimum atomic E-state index is -4.41. The fraction of sp³-hybridized carbons (Fsp3) is 0.611. The second-order valence-corrected chi connectivity index (χ2v) is 6.40. The Balaban J connectivity index is 0.00000729. The van der Waals surface area contributed by atoms with Crippen LogP contribution in [0.25, 0.3) is 0 Å². The number of hydrogen-bond donors (Lipinski definition) is 2. The molecule has 0 bridgehead atoms. The average molecular weight is 519 g/mol. The number of rotatable bonds is 9. The van der Waals surface area contributed by atoms with Gasteiger partial charge in [0.15, 0.2) is 24.1 Å². The van der Waals surface area contributed by atoms with Crippen LogP contribution >= 0.6 is 24.0 Å². The number of benzene rings is 1. The topological polar surface area (TPSA) is 64.1 Å². The summed E-state index contributed by atoms with van der Waals surface area (Å²) in [6.45, 7) is 6.05. The van der Waals surface area contributed by atoms with Crippen molar-refractivity contribution in [2.45, 2.75) is 39.1 Å². The molecule has 2 N–H and O–H groups in total. The van der Waals surface area contributed by atoms with E-state index in [1.54, 1.807) is 19.2 Å². The molecule has 1 rings (SSSR count). The van der Waals surface area contributed by atoms with Crippen molar-refractivity contribution in [3.05, 3.63) is 23.8 Å². The van der Waals surface area contributed by atoms with Gasteiger partial charge in [-0.25, -0.2) is 4.99 Å². The Hall–Kier alpha value is -1.43. The van der Waals surface area contributed by atoms with Crippen LogP contribution in [0.2, 0.25) is 0 Å². The van der Waals surface area contributed by atoms with Gasteiger partial charge >= 0.3 is 6.18 Å². The van der Waals surface area contributed by atoms with Crippen molar-refractivity contribution in [3.8, 4) is 11.5 Å². The highest BCUT2D eigenvalue weighted by Gasteiger charge is 2.29. The van der Waals surface area contributed by atoms with E-state index in [-0.39, 0.29) is 41.1 Å². The van der Waals surface area contributed by atoms with Gasteiger partial charge in [0.1, 0.15) is 0 Å². The van der Waals surface area contributed by atoms with E-state index in [1.807, 2.05) is 20.8 Å². The summed E-state index contributed by atoms with van der Waals surface area (Å²) in [6, 6.07) is 4.71. The summed E-state index contributed by atoms with van der Waals surface area (Å²) < 4.78 is 52.2. The number of ether oxygens (including phenoxy) is 3. The van der Waals surface area contributed by atoms with Crippen molar-refractivity contribution in [2.75, 3.05) is 33.9 Å². The Morgan fingerprint density at radius 3 is 2.32 bits per heavy atom. The summed E-state index contributed by atoms with van der Waals surface area (Å²) in [5, 5.41) is 6.32. The van der Waals surface area contributed by atoms with Gasteiger partial charge in [0, 0.05) is 20.2 Å². The van der Waals surface area contributed by atoms with E-state index in [0.29, 0.717) is 25.6 Å². The van der Waals surface area contributed by atoms with Gasteiger partial charge in [0.05, 0.1) is 19.3 Å². The smallest absolute Gasteiger partial charge is 0.422 e. The highest BCUT2D eigenvalue weighted by atomic mass is 127. The molecule has 0 heterocycles. The molecule has 0 aromatic heterocycles. The lowest BCUT2D eigenvalue weighted by molar-refractivity contribution is -0.153. The van der Waals surface area contributed by atoms with E-state index in [1.165, 1.54) is 13.2 Å². The maximum absolute atomic E-state index is 12.3. The van der Waals surface area contributed by atoms with Crippen LogP contribution < -0.4 is 20.1 Å². The lowest BCUT2D eigenvalue weighted by Gasteiger charge is -2.24. The molecule has 1 aromatic carbocycles. The van der Waals surface area contributed by atoms with Crippen LogP contribution in [0.4, 0.5) is 13.2 Å². The summed E-state index contributed by atoms with van der Waals surface area (Å²) in [5.74, 6) is 0.874. The largest absolute Gasteiger partial charge is 0.493 e. The average Bonchev–Trinajstić information content (AvgIpc) is 2.61. The molecule has 0 aliphatic rings. The quantitative estimate of drug-likeness (QED) is 0.296. The highest BCUT2D eigenvalue weighted by Crippen LogP contribution is 2.30. The number of aliphatic imine (C=N–C) groups is 1. The number of guanidine groups is 1. The van der Waals surface area contributed by atoms with Gasteiger partial charge in [0.25, 0.3) is 0 Å². The standard InChI is InChI=1S/C18H28F3N3O3.HI/c1-6-22-16(24-11-17(2,3)26-5)23-10-13-7-8-14(15(9-13)25-4)27-12-18(19,20)21;/h7-9H,6,10-12H2,1-5H3,(H2,22,23,24);1H. The van der Waals surface area contributed by atoms with Crippen LogP contribution in [-0.4, -0.2) is 51.7 Å². The number of hydrogen-bond acceptors (Lipinski definition) is 4. The van der Waals surface area contributed by atoms with Crippen LogP contribution in [0, 0.1) is 0 Å². The molecule has 10 heteroatoms. The van der Waals surface area contributed by atoms with E-state index >= 15 is 0 Å². The van der Waals surface area contributed by atoms with E-state index in [4.69, 9.17) is 14.2 Å². The predicted octanol–water partition coefficient (Wildman–Crippen LogP) is 3.73.